The maximum absolute atomic E-state index is 13.0. The Bertz CT molecular complexity index is 1010. The van der Waals surface area contributed by atoms with Crippen molar-refractivity contribution < 1.29 is 23.4 Å². The number of halogens is 1. The van der Waals surface area contributed by atoms with Crippen LogP contribution in [0.5, 0.6) is 23.1 Å². The lowest BCUT2D eigenvalue weighted by Gasteiger charge is -2.14. The van der Waals surface area contributed by atoms with Crippen LogP contribution in [-0.2, 0) is 6.54 Å². The monoisotopic (exact) mass is 410 g/mol. The highest BCUT2D eigenvalue weighted by atomic mass is 19.1. The zero-order valence-electron chi connectivity index (χ0n) is 17.0. The molecule has 0 bridgehead atoms. The minimum absolute atomic E-state index is 0.00316. The minimum Gasteiger partial charge on any atom is -0.493 e. The average Bonchev–Trinajstić information content (AvgIpc) is 2.74. The van der Waals surface area contributed by atoms with Gasteiger partial charge in [0.1, 0.15) is 11.6 Å². The standard InChI is InChI=1S/C23H23FN2O4/c1-15(2)29-20-9-4-17(13-21(20)28-3)23(27)26-14-16-10-11-25-22(12-16)30-19-7-5-18(24)6-8-19/h4-13,15H,14H2,1-3H3,(H,26,27). The van der Waals surface area contributed by atoms with Crippen molar-refractivity contribution in [2.24, 2.45) is 0 Å². The molecule has 30 heavy (non-hydrogen) atoms. The second-order valence-electron chi connectivity index (χ2n) is 6.77. The van der Waals surface area contributed by atoms with E-state index in [9.17, 15) is 9.18 Å². The molecule has 0 saturated heterocycles. The summed E-state index contributed by atoms with van der Waals surface area (Å²) >= 11 is 0. The van der Waals surface area contributed by atoms with Crippen LogP contribution in [0.1, 0.15) is 29.8 Å². The van der Waals surface area contributed by atoms with Gasteiger partial charge in [0, 0.05) is 24.4 Å². The van der Waals surface area contributed by atoms with Crippen molar-refractivity contribution in [1.82, 2.24) is 10.3 Å². The molecular formula is C23H23FN2O4. The van der Waals surface area contributed by atoms with Gasteiger partial charge in [0.05, 0.1) is 13.2 Å². The lowest BCUT2D eigenvalue weighted by Crippen LogP contribution is -2.23. The summed E-state index contributed by atoms with van der Waals surface area (Å²) in [5.41, 5.74) is 1.27. The Labute approximate surface area is 174 Å². The van der Waals surface area contributed by atoms with Gasteiger partial charge in [0.2, 0.25) is 5.88 Å². The summed E-state index contributed by atoms with van der Waals surface area (Å²) in [6.45, 7) is 4.12. The number of rotatable bonds is 8. The molecule has 0 aliphatic carbocycles. The molecule has 1 heterocycles. The van der Waals surface area contributed by atoms with Crippen LogP contribution in [0.2, 0.25) is 0 Å². The number of nitrogens with one attached hydrogen (secondary N) is 1. The fourth-order valence-corrected chi connectivity index (χ4v) is 2.68. The average molecular weight is 410 g/mol. The number of hydrogen-bond donors (Lipinski definition) is 1. The van der Waals surface area contributed by atoms with E-state index in [0.29, 0.717) is 28.7 Å². The molecule has 0 fully saturated rings. The first-order valence-electron chi connectivity index (χ1n) is 9.46. The number of benzene rings is 2. The van der Waals surface area contributed by atoms with E-state index in [1.807, 2.05) is 13.8 Å². The maximum Gasteiger partial charge on any atom is 0.251 e. The summed E-state index contributed by atoms with van der Waals surface area (Å²) in [5.74, 6) is 1.32. The second-order valence-corrected chi connectivity index (χ2v) is 6.77. The van der Waals surface area contributed by atoms with Crippen molar-refractivity contribution >= 4 is 5.91 Å². The van der Waals surface area contributed by atoms with Crippen molar-refractivity contribution in [3.8, 4) is 23.1 Å². The smallest absolute Gasteiger partial charge is 0.251 e. The molecule has 1 amide bonds. The summed E-state index contributed by atoms with van der Waals surface area (Å²) in [7, 11) is 1.53. The summed E-state index contributed by atoms with van der Waals surface area (Å²) < 4.78 is 29.6. The molecule has 1 aromatic heterocycles. The van der Waals surface area contributed by atoms with E-state index in [2.05, 4.69) is 10.3 Å². The Morgan fingerprint density at radius 2 is 1.83 bits per heavy atom. The molecule has 2 aromatic carbocycles. The van der Waals surface area contributed by atoms with E-state index in [1.165, 1.54) is 31.4 Å². The molecule has 0 unspecified atom stereocenters. The van der Waals surface area contributed by atoms with E-state index < -0.39 is 0 Å². The van der Waals surface area contributed by atoms with Gasteiger partial charge in [-0.05, 0) is 67.9 Å². The SMILES string of the molecule is COc1cc(C(=O)NCc2ccnc(Oc3ccc(F)cc3)c2)ccc1OC(C)C. The van der Waals surface area contributed by atoms with Gasteiger partial charge in [-0.1, -0.05) is 0 Å². The summed E-state index contributed by atoms with van der Waals surface area (Å²) in [5, 5.41) is 2.86. The highest BCUT2D eigenvalue weighted by Crippen LogP contribution is 2.29. The van der Waals surface area contributed by atoms with Crippen molar-refractivity contribution in [1.29, 1.82) is 0 Å². The van der Waals surface area contributed by atoms with Gasteiger partial charge in [0.25, 0.3) is 5.91 Å². The topological polar surface area (TPSA) is 69.7 Å². The van der Waals surface area contributed by atoms with Gasteiger partial charge in [-0.15, -0.1) is 0 Å². The normalized spacial score (nSPS) is 10.6. The van der Waals surface area contributed by atoms with Gasteiger partial charge in [-0.3, -0.25) is 4.79 Å². The van der Waals surface area contributed by atoms with Crippen LogP contribution in [0.15, 0.2) is 60.8 Å². The predicted octanol–water partition coefficient (Wildman–Crippen LogP) is 4.74. The van der Waals surface area contributed by atoms with E-state index >= 15 is 0 Å². The molecule has 0 atom stereocenters. The van der Waals surface area contributed by atoms with Gasteiger partial charge < -0.3 is 19.5 Å². The molecule has 0 spiro atoms. The van der Waals surface area contributed by atoms with Crippen LogP contribution in [0.3, 0.4) is 0 Å². The zero-order chi connectivity index (χ0) is 21.5. The summed E-state index contributed by atoms with van der Waals surface area (Å²) in [6, 6.07) is 14.2. The number of methoxy groups -OCH3 is 1. The van der Waals surface area contributed by atoms with E-state index in [1.54, 1.807) is 36.5 Å². The number of nitrogens with zero attached hydrogens (tertiary/aromatic N) is 1. The van der Waals surface area contributed by atoms with E-state index in [4.69, 9.17) is 14.2 Å². The molecule has 6 nitrogen and oxygen atoms in total. The van der Waals surface area contributed by atoms with Gasteiger partial charge >= 0.3 is 0 Å². The Morgan fingerprint density at radius 1 is 1.07 bits per heavy atom. The summed E-state index contributed by atoms with van der Waals surface area (Å²) in [4.78, 5) is 16.7. The molecule has 0 aliphatic heterocycles. The quantitative estimate of drug-likeness (QED) is 0.581. The predicted molar refractivity (Wildman–Crippen MR) is 111 cm³/mol. The van der Waals surface area contributed by atoms with Crippen molar-refractivity contribution in [2.75, 3.05) is 7.11 Å². The van der Waals surface area contributed by atoms with Crippen LogP contribution in [0, 0.1) is 5.82 Å². The highest BCUT2D eigenvalue weighted by Gasteiger charge is 2.12. The molecular weight excluding hydrogens is 387 g/mol. The Morgan fingerprint density at radius 3 is 2.53 bits per heavy atom. The Kier molecular flexibility index (Phi) is 6.85. The molecule has 3 rings (SSSR count). The lowest BCUT2D eigenvalue weighted by atomic mass is 10.1. The maximum atomic E-state index is 13.0. The molecule has 7 heteroatoms. The second kappa shape index (κ2) is 9.73. The number of ether oxygens (including phenoxy) is 3. The van der Waals surface area contributed by atoms with Crippen LogP contribution < -0.4 is 19.5 Å². The molecule has 3 aromatic rings. The van der Waals surface area contributed by atoms with E-state index in [0.717, 1.165) is 5.56 Å². The number of pyridine rings is 1. The number of carbonyl (C=O) groups excluding carboxylic acids is 1. The lowest BCUT2D eigenvalue weighted by molar-refractivity contribution is 0.0950. The first-order valence-corrected chi connectivity index (χ1v) is 9.46. The molecule has 0 saturated carbocycles. The van der Waals surface area contributed by atoms with Crippen molar-refractivity contribution in [2.45, 2.75) is 26.5 Å². The largest absolute Gasteiger partial charge is 0.493 e. The van der Waals surface area contributed by atoms with Crippen LogP contribution in [0.25, 0.3) is 0 Å². The number of aromatic nitrogens is 1. The molecule has 156 valence electrons. The fraction of sp³-hybridized carbons (Fsp3) is 0.217. The van der Waals surface area contributed by atoms with Gasteiger partial charge in [-0.2, -0.15) is 0 Å². The van der Waals surface area contributed by atoms with Crippen LogP contribution >= 0.6 is 0 Å². The first-order chi connectivity index (χ1) is 14.4. The Balaban J connectivity index is 1.64. The minimum atomic E-state index is -0.341. The molecule has 1 N–H and O–H groups in total. The highest BCUT2D eigenvalue weighted by molar-refractivity contribution is 5.94. The van der Waals surface area contributed by atoms with Crippen LogP contribution in [-0.4, -0.2) is 24.1 Å². The zero-order valence-corrected chi connectivity index (χ0v) is 17.0. The summed E-state index contributed by atoms with van der Waals surface area (Å²) in [6.07, 6.45) is 1.58. The molecule has 0 radical (unpaired) electrons. The first kappa shape index (κ1) is 21.1. The molecule has 0 aliphatic rings. The number of amides is 1. The number of carbonyl (C=O) groups is 1. The van der Waals surface area contributed by atoms with Crippen molar-refractivity contribution in [3.05, 3.63) is 77.7 Å². The number of hydrogen-bond acceptors (Lipinski definition) is 5. The fourth-order valence-electron chi connectivity index (χ4n) is 2.68. The third kappa shape index (κ3) is 5.70. The van der Waals surface area contributed by atoms with Gasteiger partial charge in [-0.25, -0.2) is 9.37 Å². The third-order valence-electron chi connectivity index (χ3n) is 4.08. The Hall–Kier alpha value is -3.61. The van der Waals surface area contributed by atoms with Crippen molar-refractivity contribution in [3.63, 3.8) is 0 Å². The van der Waals surface area contributed by atoms with E-state index in [-0.39, 0.29) is 24.4 Å². The van der Waals surface area contributed by atoms with Crippen LogP contribution in [0.4, 0.5) is 4.39 Å². The van der Waals surface area contributed by atoms with Gasteiger partial charge in [0.15, 0.2) is 11.5 Å². The third-order valence-corrected chi connectivity index (χ3v) is 4.08.